The molecule has 78 valence electrons. The molecule has 1 unspecified atom stereocenters. The topological polar surface area (TPSA) is 24.9 Å². The average molecular weight is 257 g/mol. The van der Waals surface area contributed by atoms with E-state index in [2.05, 4.69) is 53.1 Å². The maximum atomic E-state index is 4.41. The molecule has 0 spiro atoms. The van der Waals surface area contributed by atoms with Crippen LogP contribution >= 0.6 is 15.9 Å². The number of hydrogen-bond acceptors (Lipinski definition) is 2. The van der Waals surface area contributed by atoms with Crippen molar-refractivity contribution < 1.29 is 0 Å². The van der Waals surface area contributed by atoms with Crippen molar-refractivity contribution in [2.24, 2.45) is 5.41 Å². The van der Waals surface area contributed by atoms with Crippen molar-refractivity contribution in [2.45, 2.75) is 26.8 Å². The molecule has 1 aromatic heterocycles. The van der Waals surface area contributed by atoms with E-state index in [1.165, 1.54) is 0 Å². The SMILES string of the molecule is CNC(c1ccc(Br)cn1)C(C)(C)C. The van der Waals surface area contributed by atoms with E-state index in [1.807, 2.05) is 19.3 Å². The lowest BCUT2D eigenvalue weighted by atomic mass is 9.84. The van der Waals surface area contributed by atoms with Crippen LogP contribution < -0.4 is 5.32 Å². The van der Waals surface area contributed by atoms with E-state index < -0.39 is 0 Å². The van der Waals surface area contributed by atoms with Crippen LogP contribution in [0.25, 0.3) is 0 Å². The summed E-state index contributed by atoms with van der Waals surface area (Å²) in [5, 5.41) is 3.30. The summed E-state index contributed by atoms with van der Waals surface area (Å²) in [5.74, 6) is 0. The van der Waals surface area contributed by atoms with Gasteiger partial charge in [-0.1, -0.05) is 20.8 Å². The van der Waals surface area contributed by atoms with Crippen molar-refractivity contribution in [3.8, 4) is 0 Å². The van der Waals surface area contributed by atoms with Crippen molar-refractivity contribution >= 4 is 15.9 Å². The molecule has 1 atom stereocenters. The molecule has 0 aliphatic heterocycles. The average Bonchev–Trinajstić information content (AvgIpc) is 2.07. The minimum atomic E-state index is 0.176. The zero-order valence-corrected chi connectivity index (χ0v) is 10.7. The number of halogens is 1. The fraction of sp³-hybridized carbons (Fsp3) is 0.545. The minimum Gasteiger partial charge on any atom is -0.311 e. The first-order valence-corrected chi connectivity index (χ1v) is 5.53. The number of hydrogen-bond donors (Lipinski definition) is 1. The van der Waals surface area contributed by atoms with Gasteiger partial charge >= 0.3 is 0 Å². The Balaban J connectivity index is 2.96. The number of rotatable bonds is 2. The van der Waals surface area contributed by atoms with Gasteiger partial charge in [-0.15, -0.1) is 0 Å². The summed E-state index contributed by atoms with van der Waals surface area (Å²) in [4.78, 5) is 4.41. The Kier molecular flexibility index (Phi) is 3.67. The van der Waals surface area contributed by atoms with Crippen molar-refractivity contribution in [1.82, 2.24) is 10.3 Å². The van der Waals surface area contributed by atoms with Gasteiger partial charge in [0.15, 0.2) is 0 Å². The summed E-state index contributed by atoms with van der Waals surface area (Å²) in [5.41, 5.74) is 1.26. The third-order valence-corrected chi connectivity index (χ3v) is 2.67. The van der Waals surface area contributed by atoms with Gasteiger partial charge in [-0.05, 0) is 40.5 Å². The van der Waals surface area contributed by atoms with Crippen molar-refractivity contribution in [3.05, 3.63) is 28.5 Å². The molecule has 0 saturated heterocycles. The van der Waals surface area contributed by atoms with Crippen LogP contribution in [0.3, 0.4) is 0 Å². The quantitative estimate of drug-likeness (QED) is 0.880. The van der Waals surface area contributed by atoms with Gasteiger partial charge in [0.05, 0.1) is 11.7 Å². The molecule has 1 aromatic rings. The molecule has 0 amide bonds. The van der Waals surface area contributed by atoms with E-state index >= 15 is 0 Å². The maximum Gasteiger partial charge on any atom is 0.0579 e. The van der Waals surface area contributed by atoms with Crippen LogP contribution in [0.4, 0.5) is 0 Å². The fourth-order valence-corrected chi connectivity index (χ4v) is 1.82. The van der Waals surface area contributed by atoms with E-state index in [-0.39, 0.29) is 11.5 Å². The molecule has 0 radical (unpaired) electrons. The third-order valence-electron chi connectivity index (χ3n) is 2.20. The van der Waals surface area contributed by atoms with Gasteiger partial charge in [-0.2, -0.15) is 0 Å². The predicted molar refractivity (Wildman–Crippen MR) is 63.2 cm³/mol. The lowest BCUT2D eigenvalue weighted by Gasteiger charge is -2.29. The van der Waals surface area contributed by atoms with E-state index in [1.54, 1.807) is 0 Å². The van der Waals surface area contributed by atoms with Crippen LogP contribution in [-0.2, 0) is 0 Å². The Morgan fingerprint density at radius 3 is 2.36 bits per heavy atom. The highest BCUT2D eigenvalue weighted by Gasteiger charge is 2.25. The summed E-state index contributed by atoms with van der Waals surface area (Å²) >= 11 is 3.38. The summed E-state index contributed by atoms with van der Waals surface area (Å²) in [6, 6.07) is 4.37. The Morgan fingerprint density at radius 1 is 1.36 bits per heavy atom. The maximum absolute atomic E-state index is 4.41. The Labute approximate surface area is 94.3 Å². The second-order valence-corrected chi connectivity index (χ2v) is 5.40. The number of aromatic nitrogens is 1. The molecular weight excluding hydrogens is 240 g/mol. The summed E-state index contributed by atoms with van der Waals surface area (Å²) in [6.45, 7) is 6.62. The number of nitrogens with zero attached hydrogens (tertiary/aromatic N) is 1. The largest absolute Gasteiger partial charge is 0.311 e. The van der Waals surface area contributed by atoms with Gasteiger partial charge in [-0.3, -0.25) is 4.98 Å². The highest BCUT2D eigenvalue weighted by Crippen LogP contribution is 2.31. The molecule has 2 nitrogen and oxygen atoms in total. The van der Waals surface area contributed by atoms with E-state index in [0.717, 1.165) is 10.2 Å². The molecule has 0 aliphatic rings. The smallest absolute Gasteiger partial charge is 0.0579 e. The van der Waals surface area contributed by atoms with Crippen molar-refractivity contribution in [1.29, 1.82) is 0 Å². The first kappa shape index (κ1) is 11.7. The van der Waals surface area contributed by atoms with Crippen LogP contribution in [0.5, 0.6) is 0 Å². The molecule has 0 aromatic carbocycles. The van der Waals surface area contributed by atoms with Crippen LogP contribution in [0.2, 0.25) is 0 Å². The van der Waals surface area contributed by atoms with Crippen LogP contribution in [0.1, 0.15) is 32.5 Å². The Bertz CT molecular complexity index is 287. The molecule has 0 fully saturated rings. The van der Waals surface area contributed by atoms with Gasteiger partial charge in [0.1, 0.15) is 0 Å². The molecular formula is C11H17BrN2. The Hall–Kier alpha value is -0.410. The Morgan fingerprint density at radius 2 is 2.00 bits per heavy atom. The molecule has 1 N–H and O–H groups in total. The molecule has 0 aliphatic carbocycles. The number of pyridine rings is 1. The first-order chi connectivity index (χ1) is 6.45. The molecule has 1 heterocycles. The minimum absolute atomic E-state index is 0.176. The van der Waals surface area contributed by atoms with Gasteiger partial charge in [0, 0.05) is 10.7 Å². The lowest BCUT2D eigenvalue weighted by molar-refractivity contribution is 0.281. The monoisotopic (exact) mass is 256 g/mol. The van der Waals surface area contributed by atoms with E-state index in [9.17, 15) is 0 Å². The molecule has 0 bridgehead atoms. The molecule has 0 saturated carbocycles. The van der Waals surface area contributed by atoms with Crippen LogP contribution in [-0.4, -0.2) is 12.0 Å². The summed E-state index contributed by atoms with van der Waals surface area (Å²) in [7, 11) is 1.97. The predicted octanol–water partition coefficient (Wildman–Crippen LogP) is 3.15. The number of nitrogens with one attached hydrogen (secondary N) is 1. The molecule has 1 rings (SSSR count). The van der Waals surface area contributed by atoms with Crippen LogP contribution in [0, 0.1) is 5.41 Å². The highest BCUT2D eigenvalue weighted by atomic mass is 79.9. The second-order valence-electron chi connectivity index (χ2n) is 4.49. The van der Waals surface area contributed by atoms with Gasteiger partial charge in [0.25, 0.3) is 0 Å². The zero-order valence-electron chi connectivity index (χ0n) is 9.13. The van der Waals surface area contributed by atoms with E-state index in [0.29, 0.717) is 0 Å². The molecule has 14 heavy (non-hydrogen) atoms. The highest BCUT2D eigenvalue weighted by molar-refractivity contribution is 9.10. The van der Waals surface area contributed by atoms with Gasteiger partial charge < -0.3 is 5.32 Å². The second kappa shape index (κ2) is 4.41. The van der Waals surface area contributed by atoms with Crippen molar-refractivity contribution in [2.75, 3.05) is 7.05 Å². The van der Waals surface area contributed by atoms with Crippen molar-refractivity contribution in [3.63, 3.8) is 0 Å². The standard InChI is InChI=1S/C11H17BrN2/c1-11(2,3)10(13-4)9-6-5-8(12)7-14-9/h5-7,10,13H,1-4H3. The third kappa shape index (κ3) is 2.79. The normalized spacial score (nSPS) is 14.1. The first-order valence-electron chi connectivity index (χ1n) is 4.74. The fourth-order valence-electron chi connectivity index (χ4n) is 1.58. The van der Waals surface area contributed by atoms with Gasteiger partial charge in [0.2, 0.25) is 0 Å². The summed E-state index contributed by atoms with van der Waals surface area (Å²) < 4.78 is 1.02. The lowest BCUT2D eigenvalue weighted by Crippen LogP contribution is -2.30. The van der Waals surface area contributed by atoms with E-state index in [4.69, 9.17) is 0 Å². The van der Waals surface area contributed by atoms with Gasteiger partial charge in [-0.25, -0.2) is 0 Å². The summed E-state index contributed by atoms with van der Waals surface area (Å²) in [6.07, 6.45) is 1.84. The zero-order chi connectivity index (χ0) is 10.8. The van der Waals surface area contributed by atoms with Crippen LogP contribution in [0.15, 0.2) is 22.8 Å². The molecule has 3 heteroatoms.